The van der Waals surface area contributed by atoms with Crippen molar-refractivity contribution in [3.63, 3.8) is 0 Å². The first-order chi connectivity index (χ1) is 17.9. The zero-order chi connectivity index (χ0) is 28.0. The van der Waals surface area contributed by atoms with Crippen LogP contribution in [-0.4, -0.2) is 82.9 Å². The molecule has 0 radical (unpaired) electrons. The number of aryl methyl sites for hydroxylation is 4. The quantitative estimate of drug-likeness (QED) is 0.127. The second-order valence-corrected chi connectivity index (χ2v) is 14.1. The molecule has 38 heavy (non-hydrogen) atoms. The van der Waals surface area contributed by atoms with Gasteiger partial charge < -0.3 is 19.3 Å². The maximum Gasteiger partial charge on any atom is 0.182 e. The standard InChI is InChI=1S/C24H36N2O8S4/c27-23(19-35-15-9-21-7-1-3-11-25(21)13-5-17-37(29,30)31)24(28)20-36-16-10-22-8-2-4-12-26(22)14-6-18-38(32,33)34/h1-4,7-8,11-12,23-24,27-28H,5-6,9-10,13-20H2. The summed E-state index contributed by atoms with van der Waals surface area (Å²) in [6, 6.07) is 11.4. The predicted octanol–water partition coefficient (Wildman–Crippen LogP) is 0.106. The van der Waals surface area contributed by atoms with Crippen LogP contribution in [0.4, 0.5) is 0 Å². The van der Waals surface area contributed by atoms with Crippen molar-refractivity contribution in [2.75, 3.05) is 34.5 Å². The van der Waals surface area contributed by atoms with Crippen molar-refractivity contribution in [1.29, 1.82) is 0 Å². The first-order valence-electron chi connectivity index (χ1n) is 12.3. The number of rotatable bonds is 19. The Bertz CT molecular complexity index is 1100. The number of aliphatic hydroxyl groups excluding tert-OH is 2. The number of hydrogen-bond acceptors (Lipinski definition) is 10. The Morgan fingerprint density at radius 1 is 0.711 bits per heavy atom. The predicted molar refractivity (Wildman–Crippen MR) is 146 cm³/mol. The van der Waals surface area contributed by atoms with Gasteiger partial charge in [0, 0.05) is 84.5 Å². The molecule has 0 aliphatic carbocycles. The molecule has 2 heterocycles. The fourth-order valence-corrected chi connectivity index (χ4v) is 6.65. The second kappa shape index (κ2) is 16.8. The van der Waals surface area contributed by atoms with E-state index in [0.29, 0.717) is 48.9 Å². The number of nitrogens with zero attached hydrogens (tertiary/aromatic N) is 2. The highest BCUT2D eigenvalue weighted by atomic mass is 32.2. The smallest absolute Gasteiger partial charge is 0.182 e. The van der Waals surface area contributed by atoms with Crippen LogP contribution in [0, 0.1) is 0 Å². The van der Waals surface area contributed by atoms with E-state index >= 15 is 0 Å². The topological polar surface area (TPSA) is 163 Å². The monoisotopic (exact) mass is 608 g/mol. The van der Waals surface area contributed by atoms with Gasteiger partial charge in [0.2, 0.25) is 0 Å². The molecule has 214 valence electrons. The third kappa shape index (κ3) is 14.2. The van der Waals surface area contributed by atoms with Gasteiger partial charge in [0.25, 0.3) is 0 Å². The van der Waals surface area contributed by atoms with Gasteiger partial charge >= 0.3 is 0 Å². The molecule has 2 unspecified atom stereocenters. The summed E-state index contributed by atoms with van der Waals surface area (Å²) in [5, 5.41) is 20.7. The van der Waals surface area contributed by atoms with Crippen molar-refractivity contribution >= 4 is 43.8 Å². The molecule has 2 rings (SSSR count). The Balaban J connectivity index is 1.67. The van der Waals surface area contributed by atoms with Gasteiger partial charge in [0.1, 0.15) is 13.1 Å². The van der Waals surface area contributed by atoms with E-state index < -0.39 is 43.9 Å². The minimum absolute atomic E-state index is 0.249. The van der Waals surface area contributed by atoms with Crippen molar-refractivity contribution < 1.29 is 45.3 Å². The van der Waals surface area contributed by atoms with Crippen LogP contribution in [-0.2, 0) is 46.2 Å². The lowest BCUT2D eigenvalue weighted by atomic mass is 10.2. The third-order valence-electron chi connectivity index (χ3n) is 5.68. The van der Waals surface area contributed by atoms with Crippen LogP contribution in [0.15, 0.2) is 48.8 Å². The lowest BCUT2D eigenvalue weighted by Crippen LogP contribution is -2.39. The van der Waals surface area contributed by atoms with Gasteiger partial charge in [-0.3, -0.25) is 0 Å². The molecule has 0 bridgehead atoms. The molecular weight excluding hydrogens is 573 g/mol. The zero-order valence-corrected chi connectivity index (χ0v) is 24.4. The van der Waals surface area contributed by atoms with Crippen molar-refractivity contribution in [1.82, 2.24) is 0 Å². The maximum atomic E-state index is 10.8. The SMILES string of the molecule is O=S(=O)([O-])CCC[n+]1ccccc1CCSCC(O)C(O)CSCCc1cccc[n+]1CCCS(=O)(=O)[O-]. The minimum atomic E-state index is -4.23. The summed E-state index contributed by atoms with van der Waals surface area (Å²) in [5.74, 6) is 1.39. The first kappa shape index (κ1) is 32.9. The lowest BCUT2D eigenvalue weighted by Gasteiger charge is -2.17. The Morgan fingerprint density at radius 3 is 1.47 bits per heavy atom. The molecular formula is C24H36N2O8S4. The molecule has 0 saturated carbocycles. The van der Waals surface area contributed by atoms with Crippen molar-refractivity contribution in [2.45, 2.75) is 51.0 Å². The molecule has 0 aliphatic rings. The molecule has 0 saturated heterocycles. The molecule has 10 nitrogen and oxygen atoms in total. The van der Waals surface area contributed by atoms with Crippen molar-refractivity contribution in [3.8, 4) is 0 Å². The number of aromatic nitrogens is 2. The van der Waals surface area contributed by atoms with E-state index in [2.05, 4.69) is 0 Å². The Labute approximate surface area is 234 Å². The summed E-state index contributed by atoms with van der Waals surface area (Å²) in [6.45, 7) is 0.873. The molecule has 2 N–H and O–H groups in total. The van der Waals surface area contributed by atoms with Gasteiger partial charge in [-0.1, -0.05) is 12.1 Å². The molecule has 2 aromatic heterocycles. The average Bonchev–Trinajstić information content (AvgIpc) is 2.84. The fraction of sp³-hybridized carbons (Fsp3) is 0.583. The summed E-state index contributed by atoms with van der Waals surface area (Å²) >= 11 is 3.04. The Hall–Kier alpha value is -1.26. The van der Waals surface area contributed by atoms with Crippen LogP contribution in [0.2, 0.25) is 0 Å². The summed E-state index contributed by atoms with van der Waals surface area (Å²) < 4.78 is 68.8. The van der Waals surface area contributed by atoms with Crippen LogP contribution >= 0.6 is 23.5 Å². The molecule has 14 heteroatoms. The Morgan fingerprint density at radius 2 is 1.11 bits per heavy atom. The summed E-state index contributed by atoms with van der Waals surface area (Å²) in [7, 11) is -8.46. The van der Waals surface area contributed by atoms with E-state index in [9.17, 15) is 36.2 Å². The van der Waals surface area contributed by atoms with E-state index in [1.165, 1.54) is 23.5 Å². The fourth-order valence-electron chi connectivity index (χ4n) is 3.72. The largest absolute Gasteiger partial charge is 0.748 e. The lowest BCUT2D eigenvalue weighted by molar-refractivity contribution is -0.704. The molecule has 0 amide bonds. The van der Waals surface area contributed by atoms with Gasteiger partial charge in [-0.25, -0.2) is 26.0 Å². The molecule has 0 spiro atoms. The highest BCUT2D eigenvalue weighted by Gasteiger charge is 2.18. The highest BCUT2D eigenvalue weighted by Crippen LogP contribution is 2.13. The van der Waals surface area contributed by atoms with Crippen LogP contribution in [0.3, 0.4) is 0 Å². The zero-order valence-electron chi connectivity index (χ0n) is 21.1. The van der Waals surface area contributed by atoms with E-state index in [4.69, 9.17) is 0 Å². The third-order valence-corrected chi connectivity index (χ3v) is 9.40. The Kier molecular flexibility index (Phi) is 14.5. The second-order valence-electron chi connectivity index (χ2n) is 8.79. The molecule has 2 aromatic rings. The van der Waals surface area contributed by atoms with Crippen LogP contribution in [0.5, 0.6) is 0 Å². The molecule has 0 fully saturated rings. The normalized spacial score (nSPS) is 13.9. The van der Waals surface area contributed by atoms with Gasteiger partial charge in [-0.2, -0.15) is 23.5 Å². The number of aliphatic hydroxyl groups is 2. The first-order valence-corrected chi connectivity index (χ1v) is 17.7. The maximum absolute atomic E-state index is 10.8. The van der Waals surface area contributed by atoms with Crippen LogP contribution < -0.4 is 9.13 Å². The molecule has 2 atom stereocenters. The summed E-state index contributed by atoms with van der Waals surface area (Å²) in [6.07, 6.45) is 3.86. The number of thioether (sulfide) groups is 2. The summed E-state index contributed by atoms with van der Waals surface area (Å²) in [4.78, 5) is 0. The number of pyridine rings is 2. The number of hydrogen-bond donors (Lipinski definition) is 2. The van der Waals surface area contributed by atoms with Crippen LogP contribution in [0.1, 0.15) is 24.2 Å². The van der Waals surface area contributed by atoms with E-state index in [1.54, 1.807) is 0 Å². The average molecular weight is 609 g/mol. The van der Waals surface area contributed by atoms with Gasteiger partial charge in [0.15, 0.2) is 23.8 Å². The highest BCUT2D eigenvalue weighted by molar-refractivity contribution is 7.99. The minimum Gasteiger partial charge on any atom is -0.748 e. The van der Waals surface area contributed by atoms with E-state index in [1.807, 2.05) is 57.9 Å². The van der Waals surface area contributed by atoms with Crippen molar-refractivity contribution in [3.05, 3.63) is 60.2 Å². The molecule has 0 aromatic carbocycles. The van der Waals surface area contributed by atoms with E-state index in [0.717, 1.165) is 11.4 Å². The van der Waals surface area contributed by atoms with Gasteiger partial charge in [-0.05, 0) is 0 Å². The van der Waals surface area contributed by atoms with Crippen LogP contribution in [0.25, 0.3) is 0 Å². The van der Waals surface area contributed by atoms with Gasteiger partial charge in [0.05, 0.1) is 32.4 Å². The molecule has 0 aliphatic heterocycles. The van der Waals surface area contributed by atoms with Gasteiger partial charge in [-0.15, -0.1) is 0 Å². The summed E-state index contributed by atoms with van der Waals surface area (Å²) in [5.41, 5.74) is 2.00. The van der Waals surface area contributed by atoms with E-state index in [-0.39, 0.29) is 12.8 Å². The van der Waals surface area contributed by atoms with Crippen molar-refractivity contribution in [2.24, 2.45) is 0 Å².